The lowest BCUT2D eigenvalue weighted by Gasteiger charge is -2.10. The second-order valence-electron chi connectivity index (χ2n) is 4.73. The van der Waals surface area contributed by atoms with Crippen molar-refractivity contribution in [3.63, 3.8) is 0 Å². The van der Waals surface area contributed by atoms with E-state index in [-0.39, 0.29) is 0 Å². The second kappa shape index (κ2) is 5.92. The van der Waals surface area contributed by atoms with E-state index in [1.165, 1.54) is 17.0 Å². The van der Waals surface area contributed by atoms with Crippen LogP contribution in [-0.2, 0) is 6.54 Å². The molecule has 1 heteroatoms. The largest absolute Gasteiger partial charge is 0.312 e. The molecule has 83 valence electrons. The van der Waals surface area contributed by atoms with E-state index in [9.17, 15) is 0 Å². The maximum Gasteiger partial charge on any atom is 0.0205 e. The Labute approximate surface area is 93.9 Å². The maximum atomic E-state index is 3.46. The molecule has 0 atom stereocenters. The normalized spacial score (nSPS) is 11.3. The van der Waals surface area contributed by atoms with Crippen LogP contribution in [0.25, 0.3) is 0 Å². The average Bonchev–Trinajstić information content (AvgIpc) is 2.17. The van der Waals surface area contributed by atoms with Gasteiger partial charge in [0, 0.05) is 6.54 Å². The van der Waals surface area contributed by atoms with Gasteiger partial charge in [-0.3, -0.25) is 0 Å². The second-order valence-corrected chi connectivity index (χ2v) is 4.73. The molecule has 0 aliphatic heterocycles. The first-order valence-electron chi connectivity index (χ1n) is 5.69. The number of hydrogen-bond donors (Lipinski definition) is 1. The molecule has 0 aliphatic carbocycles. The predicted molar refractivity (Wildman–Crippen MR) is 66.7 cm³/mol. The van der Waals surface area contributed by atoms with E-state index >= 15 is 0 Å². The Morgan fingerprint density at radius 3 is 2.60 bits per heavy atom. The third-order valence-corrected chi connectivity index (χ3v) is 2.39. The van der Waals surface area contributed by atoms with Crippen LogP contribution in [0.3, 0.4) is 0 Å². The van der Waals surface area contributed by atoms with Crippen LogP contribution in [0.2, 0.25) is 0 Å². The van der Waals surface area contributed by atoms with Crippen molar-refractivity contribution in [1.29, 1.82) is 0 Å². The predicted octanol–water partition coefficient (Wildman–Crippen LogP) is 3.39. The zero-order valence-electron chi connectivity index (χ0n) is 10.3. The average molecular weight is 204 g/mol. The van der Waals surface area contributed by atoms with Crippen molar-refractivity contribution in [3.05, 3.63) is 41.3 Å². The van der Waals surface area contributed by atoms with Crippen LogP contribution in [0.1, 0.15) is 38.8 Å². The Morgan fingerprint density at radius 2 is 2.00 bits per heavy atom. The molecule has 0 amide bonds. The van der Waals surface area contributed by atoms with Crippen LogP contribution in [0.4, 0.5) is 0 Å². The van der Waals surface area contributed by atoms with Gasteiger partial charge in [-0.25, -0.2) is 0 Å². The van der Waals surface area contributed by atoms with Crippen molar-refractivity contribution < 1.29 is 0 Å². The molecular weight excluding hydrogens is 182 g/mol. The Hall–Kier alpha value is -0.820. The van der Waals surface area contributed by atoms with Gasteiger partial charge in [-0.05, 0) is 29.5 Å². The zero-order valence-corrected chi connectivity index (χ0v) is 10.3. The van der Waals surface area contributed by atoms with Crippen molar-refractivity contribution in [1.82, 2.24) is 5.32 Å². The van der Waals surface area contributed by atoms with Crippen molar-refractivity contribution in [2.75, 3.05) is 6.54 Å². The first kappa shape index (κ1) is 12.3. The number of rotatable bonds is 5. The summed E-state index contributed by atoms with van der Waals surface area (Å²) in [5.74, 6) is 2.09. The molecule has 0 unspecified atom stereocenters. The Morgan fingerprint density at radius 1 is 1.27 bits per heavy atom. The minimum absolute atomic E-state index is 0.715. The molecule has 1 radical (unpaired) electrons. The van der Waals surface area contributed by atoms with Gasteiger partial charge in [0.25, 0.3) is 0 Å². The summed E-state index contributed by atoms with van der Waals surface area (Å²) < 4.78 is 0. The van der Waals surface area contributed by atoms with Crippen molar-refractivity contribution in [2.45, 2.75) is 34.2 Å². The molecule has 0 aliphatic rings. The van der Waals surface area contributed by atoms with E-state index in [0.717, 1.165) is 13.1 Å². The SMILES string of the molecule is C[C](C)c1cccc(CNCC(C)C)c1. The van der Waals surface area contributed by atoms with Gasteiger partial charge in [0.15, 0.2) is 0 Å². The Kier molecular flexibility index (Phi) is 4.83. The molecule has 0 saturated carbocycles. The van der Waals surface area contributed by atoms with Gasteiger partial charge < -0.3 is 5.32 Å². The van der Waals surface area contributed by atoms with Crippen LogP contribution in [0, 0.1) is 11.8 Å². The van der Waals surface area contributed by atoms with Crippen molar-refractivity contribution >= 4 is 0 Å². The summed E-state index contributed by atoms with van der Waals surface area (Å²) in [6.07, 6.45) is 0. The van der Waals surface area contributed by atoms with Gasteiger partial charge in [0.2, 0.25) is 0 Å². The summed E-state index contributed by atoms with van der Waals surface area (Å²) in [5, 5.41) is 3.46. The van der Waals surface area contributed by atoms with Crippen molar-refractivity contribution in [2.24, 2.45) is 5.92 Å². The van der Waals surface area contributed by atoms with Crippen molar-refractivity contribution in [3.8, 4) is 0 Å². The smallest absolute Gasteiger partial charge is 0.0205 e. The van der Waals surface area contributed by atoms with Gasteiger partial charge in [-0.1, -0.05) is 52.0 Å². The van der Waals surface area contributed by atoms with Crippen LogP contribution in [0.5, 0.6) is 0 Å². The molecule has 15 heavy (non-hydrogen) atoms. The maximum absolute atomic E-state index is 3.46. The molecule has 0 fully saturated rings. The summed E-state index contributed by atoms with van der Waals surface area (Å²) in [6.45, 7) is 10.8. The summed E-state index contributed by atoms with van der Waals surface area (Å²) in [7, 11) is 0. The minimum Gasteiger partial charge on any atom is -0.312 e. The lowest BCUT2D eigenvalue weighted by atomic mass is 10.0. The van der Waals surface area contributed by atoms with E-state index in [1.807, 2.05) is 0 Å². The van der Waals surface area contributed by atoms with Crippen LogP contribution in [-0.4, -0.2) is 6.54 Å². The highest BCUT2D eigenvalue weighted by atomic mass is 14.8. The van der Waals surface area contributed by atoms with E-state index in [4.69, 9.17) is 0 Å². The molecule has 1 rings (SSSR count). The lowest BCUT2D eigenvalue weighted by Crippen LogP contribution is -2.18. The molecule has 1 N–H and O–H groups in total. The van der Waals surface area contributed by atoms with Gasteiger partial charge in [0.05, 0.1) is 0 Å². The quantitative estimate of drug-likeness (QED) is 0.775. The van der Waals surface area contributed by atoms with E-state index in [2.05, 4.69) is 57.3 Å². The van der Waals surface area contributed by atoms with Gasteiger partial charge in [0.1, 0.15) is 0 Å². The van der Waals surface area contributed by atoms with E-state index in [0.29, 0.717) is 5.92 Å². The van der Waals surface area contributed by atoms with Gasteiger partial charge in [-0.15, -0.1) is 0 Å². The summed E-state index contributed by atoms with van der Waals surface area (Å²) in [5.41, 5.74) is 2.72. The molecule has 1 aromatic rings. The Bertz CT molecular complexity index is 289. The van der Waals surface area contributed by atoms with Crippen LogP contribution >= 0.6 is 0 Å². The standard InChI is InChI=1S/C14H22N/c1-11(2)9-15-10-13-6-5-7-14(8-13)12(3)4/h5-8,11,15H,9-10H2,1-4H3. The molecule has 0 bridgehead atoms. The number of hydrogen-bond acceptors (Lipinski definition) is 1. The third kappa shape index (κ3) is 4.48. The lowest BCUT2D eigenvalue weighted by molar-refractivity contribution is 0.552. The van der Waals surface area contributed by atoms with Crippen LogP contribution < -0.4 is 5.32 Å². The number of nitrogens with one attached hydrogen (secondary N) is 1. The third-order valence-electron chi connectivity index (χ3n) is 2.39. The Balaban J connectivity index is 2.50. The molecule has 0 spiro atoms. The number of benzene rings is 1. The van der Waals surface area contributed by atoms with E-state index < -0.39 is 0 Å². The summed E-state index contributed by atoms with van der Waals surface area (Å²) in [6, 6.07) is 8.75. The highest BCUT2D eigenvalue weighted by Gasteiger charge is 2.00. The van der Waals surface area contributed by atoms with Gasteiger partial charge in [-0.2, -0.15) is 0 Å². The first-order chi connectivity index (χ1) is 7.09. The van der Waals surface area contributed by atoms with Crippen LogP contribution in [0.15, 0.2) is 24.3 Å². The fourth-order valence-corrected chi connectivity index (χ4v) is 1.50. The summed E-state index contributed by atoms with van der Waals surface area (Å²) >= 11 is 0. The molecular formula is C14H22N. The molecule has 0 aromatic heterocycles. The highest BCUT2D eigenvalue weighted by molar-refractivity contribution is 5.32. The minimum atomic E-state index is 0.715. The molecule has 1 nitrogen and oxygen atoms in total. The first-order valence-corrected chi connectivity index (χ1v) is 5.69. The fourth-order valence-electron chi connectivity index (χ4n) is 1.50. The monoisotopic (exact) mass is 204 g/mol. The molecule has 0 saturated heterocycles. The molecule has 1 aromatic carbocycles. The molecule has 0 heterocycles. The topological polar surface area (TPSA) is 12.0 Å². The summed E-state index contributed by atoms with van der Waals surface area (Å²) in [4.78, 5) is 0. The van der Waals surface area contributed by atoms with Gasteiger partial charge >= 0.3 is 0 Å². The van der Waals surface area contributed by atoms with E-state index in [1.54, 1.807) is 0 Å². The fraction of sp³-hybridized carbons (Fsp3) is 0.500. The zero-order chi connectivity index (χ0) is 11.3. The highest BCUT2D eigenvalue weighted by Crippen LogP contribution is 2.14.